The highest BCUT2D eigenvalue weighted by Gasteiger charge is 2.08. The third-order valence-corrected chi connectivity index (χ3v) is 3.48. The first-order valence-electron chi connectivity index (χ1n) is 7.63. The first-order chi connectivity index (χ1) is 11.2. The molecule has 1 aromatic carbocycles. The van der Waals surface area contributed by atoms with Crippen LogP contribution < -0.4 is 5.32 Å². The van der Waals surface area contributed by atoms with Gasteiger partial charge in [-0.3, -0.25) is 4.40 Å². The number of oxazole rings is 1. The molecule has 0 aliphatic rings. The lowest BCUT2D eigenvalue weighted by Gasteiger charge is -2.03. The molecule has 3 aromatic heterocycles. The molecule has 0 aliphatic heterocycles. The zero-order valence-corrected chi connectivity index (χ0v) is 13.7. The van der Waals surface area contributed by atoms with Gasteiger partial charge in [0.2, 0.25) is 5.78 Å². The van der Waals surface area contributed by atoms with Gasteiger partial charge in [0, 0.05) is 30.7 Å². The molecule has 0 spiro atoms. The van der Waals surface area contributed by atoms with Gasteiger partial charge in [-0.15, -0.1) is 0 Å². The van der Waals surface area contributed by atoms with Gasteiger partial charge in [-0.25, -0.2) is 9.97 Å². The lowest BCUT2D eigenvalue weighted by Crippen LogP contribution is -1.92. The van der Waals surface area contributed by atoms with Crippen LogP contribution in [0.5, 0.6) is 0 Å². The zero-order valence-electron chi connectivity index (χ0n) is 13.7. The average Bonchev–Trinajstić information content (AvgIpc) is 3.19. The van der Waals surface area contributed by atoms with Crippen molar-refractivity contribution in [1.82, 2.24) is 19.4 Å². The summed E-state index contributed by atoms with van der Waals surface area (Å²) in [6.07, 6.45) is 5.67. The van der Waals surface area contributed by atoms with Crippen molar-refractivity contribution in [2.24, 2.45) is 0 Å². The molecule has 0 aliphatic carbocycles. The van der Waals surface area contributed by atoms with Gasteiger partial charge in [0.15, 0.2) is 5.58 Å². The number of anilines is 1. The molecule has 0 amide bonds. The molecule has 0 atom stereocenters. The molecular formula is C17H19N5O. The maximum Gasteiger partial charge on any atom is 0.295 e. The smallest absolute Gasteiger partial charge is 0.295 e. The molecule has 0 saturated heterocycles. The molecular weight excluding hydrogens is 290 g/mol. The Bertz CT molecular complexity index is 954. The van der Waals surface area contributed by atoms with E-state index in [-0.39, 0.29) is 0 Å². The van der Waals surface area contributed by atoms with Gasteiger partial charge in [0.1, 0.15) is 5.52 Å². The predicted molar refractivity (Wildman–Crippen MR) is 91.6 cm³/mol. The number of imidazole rings is 1. The van der Waals surface area contributed by atoms with Crippen LogP contribution in [-0.4, -0.2) is 26.4 Å². The molecule has 1 N–H and O–H groups in total. The molecule has 0 fully saturated rings. The quantitative estimate of drug-likeness (QED) is 0.608. The summed E-state index contributed by atoms with van der Waals surface area (Å²) in [5.74, 6) is 0.705. The number of benzene rings is 1. The van der Waals surface area contributed by atoms with Crippen LogP contribution in [0.25, 0.3) is 28.0 Å². The van der Waals surface area contributed by atoms with Crippen molar-refractivity contribution in [3.05, 3.63) is 42.5 Å². The molecule has 118 valence electrons. The highest BCUT2D eigenvalue weighted by molar-refractivity contribution is 5.81. The third-order valence-electron chi connectivity index (χ3n) is 3.48. The van der Waals surface area contributed by atoms with Gasteiger partial charge in [0.25, 0.3) is 6.01 Å². The number of rotatable bonds is 2. The Labute approximate surface area is 134 Å². The van der Waals surface area contributed by atoms with E-state index in [9.17, 15) is 0 Å². The van der Waals surface area contributed by atoms with Crippen molar-refractivity contribution >= 4 is 22.9 Å². The van der Waals surface area contributed by atoms with E-state index in [4.69, 9.17) is 4.42 Å². The lowest BCUT2D eigenvalue weighted by molar-refractivity contribution is 0.620. The van der Waals surface area contributed by atoms with Gasteiger partial charge in [-0.05, 0) is 24.6 Å². The molecule has 4 aromatic rings. The summed E-state index contributed by atoms with van der Waals surface area (Å²) in [7, 11) is 1.78. The molecule has 6 nitrogen and oxygen atoms in total. The molecule has 0 unspecified atom stereocenters. The second-order valence-corrected chi connectivity index (χ2v) is 4.86. The van der Waals surface area contributed by atoms with Crippen molar-refractivity contribution in [3.63, 3.8) is 0 Å². The Morgan fingerprint density at radius 3 is 2.65 bits per heavy atom. The molecule has 0 bridgehead atoms. The van der Waals surface area contributed by atoms with Crippen LogP contribution in [0.1, 0.15) is 19.5 Å². The number of aromatic nitrogens is 4. The molecule has 23 heavy (non-hydrogen) atoms. The maximum absolute atomic E-state index is 5.53. The monoisotopic (exact) mass is 309 g/mol. The van der Waals surface area contributed by atoms with E-state index in [0.29, 0.717) is 11.8 Å². The van der Waals surface area contributed by atoms with Crippen molar-refractivity contribution in [2.45, 2.75) is 20.8 Å². The largest absolute Gasteiger partial charge is 0.424 e. The van der Waals surface area contributed by atoms with Gasteiger partial charge in [-0.1, -0.05) is 19.9 Å². The van der Waals surface area contributed by atoms with E-state index in [2.05, 4.69) is 20.3 Å². The topological polar surface area (TPSA) is 68.2 Å². The number of hydrogen-bond acceptors (Lipinski definition) is 5. The Kier molecular flexibility index (Phi) is 3.97. The van der Waals surface area contributed by atoms with Gasteiger partial charge in [0.05, 0.1) is 6.20 Å². The van der Waals surface area contributed by atoms with Crippen LogP contribution in [0.2, 0.25) is 0 Å². The first-order valence-corrected chi connectivity index (χ1v) is 7.63. The predicted octanol–water partition coefficient (Wildman–Crippen LogP) is 3.91. The number of aryl methyl sites for hydroxylation is 1. The van der Waals surface area contributed by atoms with Gasteiger partial charge < -0.3 is 9.73 Å². The normalized spacial score (nSPS) is 10.6. The zero-order chi connectivity index (χ0) is 16.4. The third kappa shape index (κ3) is 2.63. The van der Waals surface area contributed by atoms with Crippen LogP contribution in [0.4, 0.5) is 6.01 Å². The van der Waals surface area contributed by atoms with Crippen LogP contribution in [-0.2, 0) is 0 Å². The van der Waals surface area contributed by atoms with Crippen LogP contribution in [0, 0.1) is 6.92 Å². The summed E-state index contributed by atoms with van der Waals surface area (Å²) in [5, 5.41) is 2.90. The van der Waals surface area contributed by atoms with Crippen molar-refractivity contribution in [3.8, 4) is 11.1 Å². The van der Waals surface area contributed by atoms with Crippen molar-refractivity contribution in [1.29, 1.82) is 0 Å². The van der Waals surface area contributed by atoms with E-state index in [0.717, 1.165) is 27.9 Å². The summed E-state index contributed by atoms with van der Waals surface area (Å²) in [6, 6.07) is 6.43. The fourth-order valence-corrected chi connectivity index (χ4v) is 2.35. The molecule has 0 saturated carbocycles. The highest BCUT2D eigenvalue weighted by atomic mass is 16.4. The number of fused-ring (bicyclic) bond motifs is 2. The fraction of sp³-hybridized carbons (Fsp3) is 0.235. The second kappa shape index (κ2) is 6.08. The standard InChI is InChI=1S/C15H13N5O.C2H6/c1-9-6-17-14-18-7-11(8-20(9)14)10-3-4-13-12(5-10)19-15(16-2)21-13;1-2/h3-8H,1-2H3,(H,16,19);1-2H3. The first kappa shape index (κ1) is 15.0. The minimum atomic E-state index is 0.515. The summed E-state index contributed by atoms with van der Waals surface area (Å²) in [4.78, 5) is 13.0. The SMILES string of the molecule is CC.CNc1nc2cc(-c3cnc4ncc(C)n4c3)ccc2o1. The maximum atomic E-state index is 5.53. The summed E-state index contributed by atoms with van der Waals surface area (Å²) >= 11 is 0. The van der Waals surface area contributed by atoms with E-state index in [1.54, 1.807) is 7.05 Å². The van der Waals surface area contributed by atoms with Gasteiger partial charge >= 0.3 is 0 Å². The van der Waals surface area contributed by atoms with Crippen molar-refractivity contribution in [2.75, 3.05) is 12.4 Å². The number of hydrogen-bond donors (Lipinski definition) is 1. The van der Waals surface area contributed by atoms with E-state index < -0.39 is 0 Å². The average molecular weight is 309 g/mol. The lowest BCUT2D eigenvalue weighted by atomic mass is 10.1. The molecule has 4 rings (SSSR count). The minimum Gasteiger partial charge on any atom is -0.424 e. The minimum absolute atomic E-state index is 0.515. The summed E-state index contributed by atoms with van der Waals surface area (Å²) in [6.45, 7) is 6.01. The highest BCUT2D eigenvalue weighted by Crippen LogP contribution is 2.26. The van der Waals surface area contributed by atoms with Crippen LogP contribution in [0.15, 0.2) is 41.2 Å². The Hall–Kier alpha value is -2.89. The van der Waals surface area contributed by atoms with E-state index in [1.165, 1.54) is 0 Å². The van der Waals surface area contributed by atoms with E-state index >= 15 is 0 Å². The molecule has 3 heterocycles. The van der Waals surface area contributed by atoms with Crippen LogP contribution in [0.3, 0.4) is 0 Å². The van der Waals surface area contributed by atoms with E-state index in [1.807, 2.05) is 62.0 Å². The number of nitrogens with zero attached hydrogens (tertiary/aromatic N) is 4. The Morgan fingerprint density at radius 2 is 1.87 bits per heavy atom. The Morgan fingerprint density at radius 1 is 1.09 bits per heavy atom. The molecule has 0 radical (unpaired) electrons. The number of nitrogens with one attached hydrogen (secondary N) is 1. The van der Waals surface area contributed by atoms with Gasteiger partial charge in [-0.2, -0.15) is 4.98 Å². The fourth-order valence-electron chi connectivity index (χ4n) is 2.35. The molecule has 6 heteroatoms. The Balaban J connectivity index is 0.000000753. The van der Waals surface area contributed by atoms with Crippen LogP contribution >= 0.6 is 0 Å². The van der Waals surface area contributed by atoms with Crippen molar-refractivity contribution < 1.29 is 4.42 Å². The summed E-state index contributed by atoms with van der Waals surface area (Å²) in [5.41, 5.74) is 4.69. The second-order valence-electron chi connectivity index (χ2n) is 4.86. The summed E-state index contributed by atoms with van der Waals surface area (Å²) < 4.78 is 7.51.